The second-order valence-corrected chi connectivity index (χ2v) is 5.20. The number of nitrogens with zero attached hydrogens (tertiary/aromatic N) is 2. The molecule has 0 spiro atoms. The van der Waals surface area contributed by atoms with Gasteiger partial charge in [-0.25, -0.2) is 4.98 Å². The molecule has 0 bridgehead atoms. The first-order chi connectivity index (χ1) is 8.76. The highest BCUT2D eigenvalue weighted by Gasteiger charge is 2.22. The van der Waals surface area contributed by atoms with Gasteiger partial charge in [0.05, 0.1) is 6.61 Å². The lowest BCUT2D eigenvalue weighted by molar-refractivity contribution is 0.280. The van der Waals surface area contributed by atoms with Crippen molar-refractivity contribution in [2.24, 2.45) is 0 Å². The standard InChI is InChI=1S/C15H24N2O/c1-3-6-14-7-4-5-10-17(14)15-9-8-13(11-18)12(2)16-15/h8-9,14,18H,3-7,10-11H2,1-2H3. The molecule has 1 fully saturated rings. The van der Waals surface area contributed by atoms with Crippen LogP contribution in [-0.4, -0.2) is 22.7 Å². The van der Waals surface area contributed by atoms with Crippen molar-refractivity contribution in [3.63, 3.8) is 0 Å². The minimum atomic E-state index is 0.0809. The van der Waals surface area contributed by atoms with Crippen molar-refractivity contribution in [3.05, 3.63) is 23.4 Å². The number of pyridine rings is 1. The Labute approximate surface area is 110 Å². The Morgan fingerprint density at radius 1 is 1.39 bits per heavy atom. The molecule has 1 N–H and O–H groups in total. The molecular formula is C15H24N2O. The summed E-state index contributed by atoms with van der Waals surface area (Å²) in [5.41, 5.74) is 1.89. The fourth-order valence-corrected chi connectivity index (χ4v) is 2.84. The number of aliphatic hydroxyl groups is 1. The summed E-state index contributed by atoms with van der Waals surface area (Å²) < 4.78 is 0. The van der Waals surface area contributed by atoms with Crippen LogP contribution in [0.1, 0.15) is 50.3 Å². The van der Waals surface area contributed by atoms with Gasteiger partial charge in [0.25, 0.3) is 0 Å². The minimum Gasteiger partial charge on any atom is -0.392 e. The van der Waals surface area contributed by atoms with E-state index in [2.05, 4.69) is 22.9 Å². The highest BCUT2D eigenvalue weighted by molar-refractivity contribution is 5.43. The van der Waals surface area contributed by atoms with E-state index in [1.165, 1.54) is 32.1 Å². The molecule has 2 heterocycles. The van der Waals surface area contributed by atoms with Crippen LogP contribution in [0.2, 0.25) is 0 Å². The van der Waals surface area contributed by atoms with Crippen LogP contribution >= 0.6 is 0 Å². The van der Waals surface area contributed by atoms with Crippen LogP contribution in [0.15, 0.2) is 12.1 Å². The molecule has 0 radical (unpaired) electrons. The number of aliphatic hydroxyl groups excluding tert-OH is 1. The summed E-state index contributed by atoms with van der Waals surface area (Å²) in [6, 6.07) is 4.72. The summed E-state index contributed by atoms with van der Waals surface area (Å²) in [5.74, 6) is 1.09. The zero-order valence-corrected chi connectivity index (χ0v) is 11.5. The van der Waals surface area contributed by atoms with Crippen LogP contribution < -0.4 is 4.90 Å². The van der Waals surface area contributed by atoms with E-state index in [0.717, 1.165) is 23.6 Å². The van der Waals surface area contributed by atoms with E-state index in [-0.39, 0.29) is 6.61 Å². The predicted molar refractivity (Wildman–Crippen MR) is 74.8 cm³/mol. The predicted octanol–water partition coefficient (Wildman–Crippen LogP) is 3.04. The Balaban J connectivity index is 2.19. The second kappa shape index (κ2) is 6.19. The average Bonchev–Trinajstić information content (AvgIpc) is 2.40. The summed E-state index contributed by atoms with van der Waals surface area (Å²) in [6.07, 6.45) is 6.38. The third-order valence-electron chi connectivity index (χ3n) is 3.89. The first-order valence-corrected chi connectivity index (χ1v) is 7.10. The van der Waals surface area contributed by atoms with Gasteiger partial charge in [-0.05, 0) is 44.2 Å². The van der Waals surface area contributed by atoms with E-state index in [4.69, 9.17) is 0 Å². The Bertz CT molecular complexity index is 390. The SMILES string of the molecule is CCCC1CCCCN1c1ccc(CO)c(C)n1. The van der Waals surface area contributed by atoms with Gasteiger partial charge < -0.3 is 10.0 Å². The van der Waals surface area contributed by atoms with Gasteiger partial charge in [-0.2, -0.15) is 0 Å². The molecule has 3 nitrogen and oxygen atoms in total. The normalized spacial score (nSPS) is 20.2. The summed E-state index contributed by atoms with van der Waals surface area (Å²) >= 11 is 0. The molecule has 0 saturated carbocycles. The summed E-state index contributed by atoms with van der Waals surface area (Å²) in [6.45, 7) is 5.43. The molecule has 1 aliphatic heterocycles. The van der Waals surface area contributed by atoms with Gasteiger partial charge in [-0.3, -0.25) is 0 Å². The zero-order valence-electron chi connectivity index (χ0n) is 11.5. The maximum atomic E-state index is 9.20. The quantitative estimate of drug-likeness (QED) is 0.889. The smallest absolute Gasteiger partial charge is 0.129 e. The van der Waals surface area contributed by atoms with Crippen molar-refractivity contribution >= 4 is 5.82 Å². The summed E-state index contributed by atoms with van der Waals surface area (Å²) in [4.78, 5) is 7.13. The van der Waals surface area contributed by atoms with Crippen molar-refractivity contribution in [3.8, 4) is 0 Å². The fourth-order valence-electron chi connectivity index (χ4n) is 2.84. The molecule has 2 rings (SSSR count). The Kier molecular flexibility index (Phi) is 4.59. The van der Waals surface area contributed by atoms with E-state index in [1.807, 2.05) is 13.0 Å². The van der Waals surface area contributed by atoms with E-state index in [0.29, 0.717) is 6.04 Å². The third-order valence-corrected chi connectivity index (χ3v) is 3.89. The maximum Gasteiger partial charge on any atom is 0.129 e. The molecule has 0 aliphatic carbocycles. The van der Waals surface area contributed by atoms with E-state index in [9.17, 15) is 5.11 Å². The maximum absolute atomic E-state index is 9.20. The lowest BCUT2D eigenvalue weighted by Gasteiger charge is -2.37. The summed E-state index contributed by atoms with van der Waals surface area (Å²) in [7, 11) is 0. The number of anilines is 1. The number of aromatic nitrogens is 1. The van der Waals surface area contributed by atoms with Gasteiger partial charge in [0, 0.05) is 18.3 Å². The van der Waals surface area contributed by atoms with Gasteiger partial charge in [-0.15, -0.1) is 0 Å². The molecule has 0 amide bonds. The van der Waals surface area contributed by atoms with Gasteiger partial charge in [0.2, 0.25) is 0 Å². The summed E-state index contributed by atoms with van der Waals surface area (Å²) in [5, 5.41) is 9.20. The molecule has 18 heavy (non-hydrogen) atoms. The van der Waals surface area contributed by atoms with Crippen molar-refractivity contribution in [2.75, 3.05) is 11.4 Å². The molecule has 1 saturated heterocycles. The Morgan fingerprint density at radius 2 is 2.22 bits per heavy atom. The second-order valence-electron chi connectivity index (χ2n) is 5.20. The first kappa shape index (κ1) is 13.3. The molecule has 100 valence electrons. The molecule has 1 unspecified atom stereocenters. The molecule has 3 heteroatoms. The van der Waals surface area contributed by atoms with Crippen LogP contribution in [0.3, 0.4) is 0 Å². The molecular weight excluding hydrogens is 224 g/mol. The number of rotatable bonds is 4. The van der Waals surface area contributed by atoms with E-state index < -0.39 is 0 Å². The lowest BCUT2D eigenvalue weighted by Crippen LogP contribution is -2.40. The number of hydrogen-bond donors (Lipinski definition) is 1. The molecule has 1 atom stereocenters. The molecule has 1 aromatic heterocycles. The van der Waals surface area contributed by atoms with Crippen LogP contribution in [0.5, 0.6) is 0 Å². The molecule has 0 aromatic carbocycles. The van der Waals surface area contributed by atoms with Crippen molar-refractivity contribution in [1.82, 2.24) is 4.98 Å². The van der Waals surface area contributed by atoms with Crippen molar-refractivity contribution in [2.45, 2.75) is 58.6 Å². The fraction of sp³-hybridized carbons (Fsp3) is 0.667. The topological polar surface area (TPSA) is 36.4 Å². The largest absolute Gasteiger partial charge is 0.392 e. The van der Waals surface area contributed by atoms with Crippen LogP contribution in [-0.2, 0) is 6.61 Å². The zero-order chi connectivity index (χ0) is 13.0. The first-order valence-electron chi connectivity index (χ1n) is 7.10. The number of aryl methyl sites for hydroxylation is 1. The van der Waals surface area contributed by atoms with Crippen LogP contribution in [0.4, 0.5) is 5.82 Å². The number of piperidine rings is 1. The molecule has 1 aliphatic rings. The van der Waals surface area contributed by atoms with Gasteiger partial charge in [0.15, 0.2) is 0 Å². The van der Waals surface area contributed by atoms with E-state index >= 15 is 0 Å². The van der Waals surface area contributed by atoms with Gasteiger partial charge in [0.1, 0.15) is 5.82 Å². The van der Waals surface area contributed by atoms with Gasteiger partial charge in [-0.1, -0.05) is 19.4 Å². The minimum absolute atomic E-state index is 0.0809. The highest BCUT2D eigenvalue weighted by Crippen LogP contribution is 2.26. The van der Waals surface area contributed by atoms with Crippen LogP contribution in [0.25, 0.3) is 0 Å². The lowest BCUT2D eigenvalue weighted by atomic mass is 9.98. The van der Waals surface area contributed by atoms with Gasteiger partial charge >= 0.3 is 0 Å². The Morgan fingerprint density at radius 3 is 2.89 bits per heavy atom. The monoisotopic (exact) mass is 248 g/mol. The van der Waals surface area contributed by atoms with Crippen molar-refractivity contribution in [1.29, 1.82) is 0 Å². The average molecular weight is 248 g/mol. The molecule has 1 aromatic rings. The number of hydrogen-bond acceptors (Lipinski definition) is 3. The Hall–Kier alpha value is -1.09. The third kappa shape index (κ3) is 2.83. The highest BCUT2D eigenvalue weighted by atomic mass is 16.3. The van der Waals surface area contributed by atoms with Crippen molar-refractivity contribution < 1.29 is 5.11 Å². The van der Waals surface area contributed by atoms with E-state index in [1.54, 1.807) is 0 Å². The van der Waals surface area contributed by atoms with Crippen LogP contribution in [0, 0.1) is 6.92 Å².